The Kier molecular flexibility index (Phi) is 6.94. The van der Waals surface area contributed by atoms with Crippen LogP contribution in [0.2, 0.25) is 0 Å². The Morgan fingerprint density at radius 2 is 1.72 bits per heavy atom. The van der Waals surface area contributed by atoms with Crippen LogP contribution in [0.15, 0.2) is 60.8 Å². The summed E-state index contributed by atoms with van der Waals surface area (Å²) in [5.74, 6) is 0.447. The van der Waals surface area contributed by atoms with Gasteiger partial charge in [0.25, 0.3) is 0 Å². The van der Waals surface area contributed by atoms with Crippen molar-refractivity contribution < 1.29 is 14.2 Å². The van der Waals surface area contributed by atoms with Gasteiger partial charge in [-0.25, -0.2) is 9.37 Å². The summed E-state index contributed by atoms with van der Waals surface area (Å²) < 4.78 is 19.6. The summed E-state index contributed by atoms with van der Waals surface area (Å²) in [5, 5.41) is 15.8. The molecule has 3 rings (SSSR count). The maximum atomic E-state index is 14.0. The molecule has 3 aromatic rings. The Morgan fingerprint density at radius 1 is 1.03 bits per heavy atom. The standard InChI is InChI=1S/C21H24FN5O2/c1-27(2)13-17(28)14-29-18-10-8-16(9-11-18)25-21-23-12-19(22)20(26-21)24-15-6-4-3-5-7-15/h3-12,17,28H,13-14H2,1-2H3,(H2,23,24,25,26). The van der Waals surface area contributed by atoms with Gasteiger partial charge < -0.3 is 25.4 Å². The van der Waals surface area contributed by atoms with E-state index in [1.807, 2.05) is 49.3 Å². The molecule has 1 unspecified atom stereocenters. The molecule has 7 nitrogen and oxygen atoms in total. The maximum Gasteiger partial charge on any atom is 0.229 e. The van der Waals surface area contributed by atoms with Gasteiger partial charge in [-0.15, -0.1) is 0 Å². The number of nitrogens with zero attached hydrogens (tertiary/aromatic N) is 3. The van der Waals surface area contributed by atoms with E-state index in [2.05, 4.69) is 20.6 Å². The van der Waals surface area contributed by atoms with Crippen LogP contribution in [0, 0.1) is 5.82 Å². The molecule has 1 heterocycles. The zero-order valence-corrected chi connectivity index (χ0v) is 16.3. The smallest absolute Gasteiger partial charge is 0.229 e. The van der Waals surface area contributed by atoms with Gasteiger partial charge in [0.05, 0.1) is 6.20 Å². The third-order valence-electron chi connectivity index (χ3n) is 3.91. The minimum absolute atomic E-state index is 0.0866. The highest BCUT2D eigenvalue weighted by Crippen LogP contribution is 2.22. The van der Waals surface area contributed by atoms with Gasteiger partial charge in [-0.2, -0.15) is 4.98 Å². The average Bonchev–Trinajstić information content (AvgIpc) is 2.70. The molecule has 2 aromatic carbocycles. The van der Waals surface area contributed by atoms with Crippen molar-refractivity contribution >= 4 is 23.1 Å². The second-order valence-corrected chi connectivity index (χ2v) is 6.76. The highest BCUT2D eigenvalue weighted by molar-refractivity contribution is 5.60. The number of halogens is 1. The molecule has 0 aliphatic heterocycles. The second kappa shape index (κ2) is 9.81. The summed E-state index contributed by atoms with van der Waals surface area (Å²) in [7, 11) is 3.78. The number of benzene rings is 2. The number of nitrogens with one attached hydrogen (secondary N) is 2. The zero-order valence-electron chi connectivity index (χ0n) is 16.3. The lowest BCUT2D eigenvalue weighted by atomic mass is 10.3. The Morgan fingerprint density at radius 3 is 2.41 bits per heavy atom. The first-order valence-corrected chi connectivity index (χ1v) is 9.17. The summed E-state index contributed by atoms with van der Waals surface area (Å²) >= 11 is 0. The van der Waals surface area contributed by atoms with Crippen molar-refractivity contribution in [2.45, 2.75) is 6.10 Å². The topological polar surface area (TPSA) is 82.5 Å². The number of likely N-dealkylation sites (N-methyl/N-ethyl adjacent to an activating group) is 1. The van der Waals surface area contributed by atoms with E-state index in [4.69, 9.17) is 4.74 Å². The molecule has 0 spiro atoms. The van der Waals surface area contributed by atoms with Crippen LogP contribution in [0.3, 0.4) is 0 Å². The van der Waals surface area contributed by atoms with Gasteiger partial charge in [0.2, 0.25) is 5.95 Å². The Labute approximate surface area is 169 Å². The predicted molar refractivity (Wildman–Crippen MR) is 111 cm³/mol. The van der Waals surface area contributed by atoms with E-state index in [1.54, 1.807) is 24.3 Å². The molecule has 152 valence electrons. The predicted octanol–water partition coefficient (Wildman–Crippen LogP) is 3.40. The summed E-state index contributed by atoms with van der Waals surface area (Å²) in [5.41, 5.74) is 1.46. The molecule has 0 aliphatic carbocycles. The van der Waals surface area contributed by atoms with E-state index in [0.29, 0.717) is 12.3 Å². The van der Waals surface area contributed by atoms with Crippen molar-refractivity contribution in [2.75, 3.05) is 37.9 Å². The van der Waals surface area contributed by atoms with Gasteiger partial charge in [-0.3, -0.25) is 0 Å². The molecule has 0 fully saturated rings. The quantitative estimate of drug-likeness (QED) is 0.510. The Bertz CT molecular complexity index is 907. The fraction of sp³-hybridized carbons (Fsp3) is 0.238. The number of aliphatic hydroxyl groups excluding tert-OH is 1. The van der Waals surface area contributed by atoms with Crippen LogP contribution >= 0.6 is 0 Å². The van der Waals surface area contributed by atoms with Gasteiger partial charge in [0.15, 0.2) is 11.6 Å². The van der Waals surface area contributed by atoms with Crippen molar-refractivity contribution in [3.8, 4) is 5.75 Å². The third-order valence-corrected chi connectivity index (χ3v) is 3.91. The Balaban J connectivity index is 1.60. The number of hydrogen-bond donors (Lipinski definition) is 3. The lowest BCUT2D eigenvalue weighted by Crippen LogP contribution is -2.30. The lowest BCUT2D eigenvalue weighted by Gasteiger charge is -2.16. The Hall–Kier alpha value is -3.23. The zero-order chi connectivity index (χ0) is 20.6. The van der Waals surface area contributed by atoms with Crippen molar-refractivity contribution in [1.29, 1.82) is 0 Å². The molecule has 1 aromatic heterocycles. The van der Waals surface area contributed by atoms with Crippen LogP contribution in [0.25, 0.3) is 0 Å². The van der Waals surface area contributed by atoms with E-state index in [1.165, 1.54) is 0 Å². The van der Waals surface area contributed by atoms with Crippen LogP contribution in [0.1, 0.15) is 0 Å². The number of hydrogen-bond acceptors (Lipinski definition) is 7. The second-order valence-electron chi connectivity index (χ2n) is 6.76. The number of rotatable bonds is 9. The van der Waals surface area contributed by atoms with Crippen molar-refractivity contribution in [2.24, 2.45) is 0 Å². The normalized spacial score (nSPS) is 11.9. The van der Waals surface area contributed by atoms with Gasteiger partial charge in [-0.05, 0) is 50.5 Å². The molecule has 0 radical (unpaired) electrons. The first-order valence-electron chi connectivity index (χ1n) is 9.17. The van der Waals surface area contributed by atoms with E-state index in [0.717, 1.165) is 17.6 Å². The highest BCUT2D eigenvalue weighted by Gasteiger charge is 2.09. The van der Waals surface area contributed by atoms with E-state index >= 15 is 0 Å². The first kappa shape index (κ1) is 20.5. The largest absolute Gasteiger partial charge is 0.491 e. The van der Waals surface area contributed by atoms with Crippen molar-refractivity contribution in [3.05, 3.63) is 66.6 Å². The fourth-order valence-corrected chi connectivity index (χ4v) is 2.60. The van der Waals surface area contributed by atoms with Crippen LogP contribution in [-0.4, -0.2) is 53.3 Å². The molecule has 8 heteroatoms. The van der Waals surface area contributed by atoms with Gasteiger partial charge in [0.1, 0.15) is 18.5 Å². The maximum absolute atomic E-state index is 14.0. The number of aromatic nitrogens is 2. The van der Waals surface area contributed by atoms with E-state index in [9.17, 15) is 9.50 Å². The van der Waals surface area contributed by atoms with Crippen LogP contribution in [0.4, 0.5) is 27.5 Å². The summed E-state index contributed by atoms with van der Waals surface area (Å²) in [6.07, 6.45) is 0.551. The number of anilines is 4. The van der Waals surface area contributed by atoms with Crippen LogP contribution in [-0.2, 0) is 0 Å². The SMILES string of the molecule is CN(C)CC(O)COc1ccc(Nc2ncc(F)c(Nc3ccccc3)n2)cc1. The molecule has 0 saturated carbocycles. The van der Waals surface area contributed by atoms with Gasteiger partial charge in [0, 0.05) is 17.9 Å². The minimum Gasteiger partial charge on any atom is -0.491 e. The van der Waals surface area contributed by atoms with Crippen molar-refractivity contribution in [1.82, 2.24) is 14.9 Å². The molecular weight excluding hydrogens is 373 g/mol. The fourth-order valence-electron chi connectivity index (χ4n) is 2.60. The number of para-hydroxylation sites is 1. The molecule has 0 bridgehead atoms. The van der Waals surface area contributed by atoms with Gasteiger partial charge in [-0.1, -0.05) is 18.2 Å². The van der Waals surface area contributed by atoms with Crippen LogP contribution in [0.5, 0.6) is 5.75 Å². The van der Waals surface area contributed by atoms with Gasteiger partial charge >= 0.3 is 0 Å². The molecule has 0 amide bonds. The monoisotopic (exact) mass is 397 g/mol. The molecule has 0 aliphatic rings. The molecular formula is C21H24FN5O2. The first-order chi connectivity index (χ1) is 14.0. The highest BCUT2D eigenvalue weighted by atomic mass is 19.1. The average molecular weight is 397 g/mol. The summed E-state index contributed by atoms with van der Waals surface area (Å²) in [6.45, 7) is 0.738. The number of ether oxygens (including phenoxy) is 1. The summed E-state index contributed by atoms with van der Waals surface area (Å²) in [6, 6.07) is 16.4. The summed E-state index contributed by atoms with van der Waals surface area (Å²) in [4.78, 5) is 10.1. The molecule has 0 saturated heterocycles. The van der Waals surface area contributed by atoms with E-state index in [-0.39, 0.29) is 18.4 Å². The van der Waals surface area contributed by atoms with Crippen LogP contribution < -0.4 is 15.4 Å². The molecule has 3 N–H and O–H groups in total. The third kappa shape index (κ3) is 6.41. The molecule has 29 heavy (non-hydrogen) atoms. The lowest BCUT2D eigenvalue weighted by molar-refractivity contribution is 0.0831. The van der Waals surface area contributed by atoms with E-state index < -0.39 is 11.9 Å². The number of aliphatic hydroxyl groups is 1. The molecule has 1 atom stereocenters. The van der Waals surface area contributed by atoms with Crippen molar-refractivity contribution in [3.63, 3.8) is 0 Å². The minimum atomic E-state index is -0.564.